The fourth-order valence-corrected chi connectivity index (χ4v) is 2.22. The van der Waals surface area contributed by atoms with Crippen molar-refractivity contribution in [2.45, 2.75) is 12.5 Å². The van der Waals surface area contributed by atoms with Gasteiger partial charge in [-0.25, -0.2) is 4.39 Å². The summed E-state index contributed by atoms with van der Waals surface area (Å²) < 4.78 is 18.7. The van der Waals surface area contributed by atoms with Gasteiger partial charge in [-0.2, -0.15) is 0 Å². The summed E-state index contributed by atoms with van der Waals surface area (Å²) in [6, 6.07) is 5.55. The lowest BCUT2D eigenvalue weighted by Gasteiger charge is -2.34. The highest BCUT2D eigenvalue weighted by Crippen LogP contribution is 2.14. The Morgan fingerprint density at radius 3 is 2.90 bits per heavy atom. The third kappa shape index (κ3) is 4.51. The molecular weight excluding hydrogens is 279 g/mol. The minimum atomic E-state index is -0.940. The Labute approximate surface area is 121 Å². The third-order valence-electron chi connectivity index (χ3n) is 3.25. The van der Waals surface area contributed by atoms with Crippen LogP contribution >= 0.6 is 0 Å². The molecule has 1 atom stereocenters. The number of anilines is 1. The minimum Gasteiger partial charge on any atom is -0.481 e. The number of hydrogen-bond acceptors (Lipinski definition) is 4. The number of benzene rings is 1. The van der Waals surface area contributed by atoms with Crippen LogP contribution in [0.4, 0.5) is 10.1 Å². The first-order valence-corrected chi connectivity index (χ1v) is 6.64. The Morgan fingerprint density at radius 2 is 2.19 bits per heavy atom. The lowest BCUT2D eigenvalue weighted by Crippen LogP contribution is -2.49. The molecule has 0 aliphatic carbocycles. The second kappa shape index (κ2) is 7.14. The van der Waals surface area contributed by atoms with Crippen LogP contribution in [0.2, 0.25) is 0 Å². The predicted molar refractivity (Wildman–Crippen MR) is 73.5 cm³/mol. The molecule has 6 nitrogen and oxygen atoms in total. The van der Waals surface area contributed by atoms with Crippen molar-refractivity contribution in [3.05, 3.63) is 30.1 Å². The van der Waals surface area contributed by atoms with Crippen molar-refractivity contribution in [3.63, 3.8) is 0 Å². The second-order valence-electron chi connectivity index (χ2n) is 4.83. The van der Waals surface area contributed by atoms with E-state index in [9.17, 15) is 14.0 Å². The van der Waals surface area contributed by atoms with Gasteiger partial charge in [-0.05, 0) is 12.1 Å². The first kappa shape index (κ1) is 15.4. The molecule has 0 bridgehead atoms. The number of rotatable bonds is 5. The van der Waals surface area contributed by atoms with E-state index in [1.165, 1.54) is 18.2 Å². The van der Waals surface area contributed by atoms with E-state index in [-0.39, 0.29) is 37.2 Å². The average Bonchev–Trinajstić information content (AvgIpc) is 2.43. The van der Waals surface area contributed by atoms with Gasteiger partial charge in [0.25, 0.3) is 0 Å². The minimum absolute atomic E-state index is 0.00956. The van der Waals surface area contributed by atoms with Gasteiger partial charge in [-0.3, -0.25) is 14.5 Å². The zero-order valence-electron chi connectivity index (χ0n) is 11.4. The molecule has 1 aromatic rings. The van der Waals surface area contributed by atoms with Gasteiger partial charge in [0.05, 0.1) is 31.9 Å². The number of carboxylic acids is 1. The lowest BCUT2D eigenvalue weighted by molar-refractivity contribution is -0.141. The molecule has 0 saturated carbocycles. The Kier molecular flexibility index (Phi) is 5.24. The van der Waals surface area contributed by atoms with E-state index in [2.05, 4.69) is 5.32 Å². The molecule has 1 saturated heterocycles. The predicted octanol–water partition coefficient (Wildman–Crippen LogP) is 0.940. The summed E-state index contributed by atoms with van der Waals surface area (Å²) >= 11 is 0. The molecule has 0 spiro atoms. The molecule has 1 unspecified atom stereocenters. The van der Waals surface area contributed by atoms with Gasteiger partial charge in [-0.15, -0.1) is 0 Å². The van der Waals surface area contributed by atoms with Crippen LogP contribution in [-0.2, 0) is 14.3 Å². The molecule has 2 rings (SSSR count). The average molecular weight is 296 g/mol. The Bertz CT molecular complexity index is 523. The van der Waals surface area contributed by atoms with Crippen LogP contribution in [0.25, 0.3) is 0 Å². The van der Waals surface area contributed by atoms with Gasteiger partial charge in [0, 0.05) is 12.6 Å². The van der Waals surface area contributed by atoms with E-state index in [4.69, 9.17) is 9.84 Å². The number of aliphatic carboxylic acids is 1. The van der Waals surface area contributed by atoms with Crippen molar-refractivity contribution in [1.29, 1.82) is 0 Å². The molecule has 1 fully saturated rings. The van der Waals surface area contributed by atoms with Gasteiger partial charge in [-0.1, -0.05) is 12.1 Å². The monoisotopic (exact) mass is 296 g/mol. The Hall–Kier alpha value is -1.99. The Balaban J connectivity index is 1.94. The third-order valence-corrected chi connectivity index (χ3v) is 3.25. The summed E-state index contributed by atoms with van der Waals surface area (Å²) in [6.45, 7) is 1.21. The number of carbonyl (C=O) groups is 2. The fraction of sp³-hybridized carbons (Fsp3) is 0.429. The molecule has 0 aromatic heterocycles. The maximum absolute atomic E-state index is 13.5. The summed E-state index contributed by atoms with van der Waals surface area (Å²) in [5, 5.41) is 11.3. The number of nitrogens with one attached hydrogen (secondary N) is 1. The van der Waals surface area contributed by atoms with Gasteiger partial charge in [0.2, 0.25) is 5.91 Å². The standard InChI is InChI=1S/C14H17FN2O4/c15-11-3-1-2-4-12(11)16-13(18)8-17-5-6-21-9-10(17)7-14(19)20/h1-4,10H,5-9H2,(H,16,18)(H,19,20). The quantitative estimate of drug-likeness (QED) is 0.845. The van der Waals surface area contributed by atoms with Crippen molar-refractivity contribution >= 4 is 17.6 Å². The molecular formula is C14H17FN2O4. The van der Waals surface area contributed by atoms with Gasteiger partial charge in [0.1, 0.15) is 5.82 Å². The first-order valence-electron chi connectivity index (χ1n) is 6.64. The Morgan fingerprint density at radius 1 is 1.43 bits per heavy atom. The molecule has 21 heavy (non-hydrogen) atoms. The first-order chi connectivity index (χ1) is 10.1. The van der Waals surface area contributed by atoms with Crippen LogP contribution in [0, 0.1) is 5.82 Å². The van der Waals surface area contributed by atoms with E-state index < -0.39 is 11.8 Å². The summed E-state index contributed by atoms with van der Waals surface area (Å²) in [5.41, 5.74) is 0.116. The van der Waals surface area contributed by atoms with Crippen LogP contribution in [0.3, 0.4) is 0 Å². The molecule has 2 N–H and O–H groups in total. The van der Waals surface area contributed by atoms with Gasteiger partial charge < -0.3 is 15.2 Å². The summed E-state index contributed by atoms with van der Waals surface area (Å²) in [7, 11) is 0. The van der Waals surface area contributed by atoms with Crippen molar-refractivity contribution in [2.24, 2.45) is 0 Å². The number of carbonyl (C=O) groups excluding carboxylic acids is 1. The van der Waals surface area contributed by atoms with Crippen LogP contribution in [-0.4, -0.2) is 54.2 Å². The van der Waals surface area contributed by atoms with Crippen LogP contribution in [0.15, 0.2) is 24.3 Å². The number of halogens is 1. The highest BCUT2D eigenvalue weighted by atomic mass is 19.1. The van der Waals surface area contributed by atoms with E-state index in [0.717, 1.165) is 0 Å². The van der Waals surface area contributed by atoms with Crippen molar-refractivity contribution in [2.75, 3.05) is 31.6 Å². The van der Waals surface area contributed by atoms with Crippen LogP contribution < -0.4 is 5.32 Å². The largest absolute Gasteiger partial charge is 0.481 e. The number of nitrogens with zero attached hydrogens (tertiary/aromatic N) is 1. The number of amides is 1. The molecule has 1 amide bonds. The normalized spacial score (nSPS) is 19.2. The van der Waals surface area contributed by atoms with E-state index >= 15 is 0 Å². The topological polar surface area (TPSA) is 78.9 Å². The number of para-hydroxylation sites is 1. The molecule has 1 aromatic carbocycles. The number of hydrogen-bond donors (Lipinski definition) is 2. The summed E-state index contributed by atoms with van der Waals surface area (Å²) in [6.07, 6.45) is -0.0903. The maximum atomic E-state index is 13.5. The van der Waals surface area contributed by atoms with Crippen LogP contribution in [0.5, 0.6) is 0 Å². The zero-order valence-corrected chi connectivity index (χ0v) is 11.4. The van der Waals surface area contributed by atoms with E-state index in [0.29, 0.717) is 13.2 Å². The zero-order chi connectivity index (χ0) is 15.2. The molecule has 7 heteroatoms. The van der Waals surface area contributed by atoms with Crippen molar-refractivity contribution in [3.8, 4) is 0 Å². The maximum Gasteiger partial charge on any atom is 0.305 e. The van der Waals surface area contributed by atoms with E-state index in [1.807, 2.05) is 0 Å². The van der Waals surface area contributed by atoms with Crippen molar-refractivity contribution < 1.29 is 23.8 Å². The van der Waals surface area contributed by atoms with Crippen molar-refractivity contribution in [1.82, 2.24) is 4.90 Å². The summed E-state index contributed by atoms with van der Waals surface area (Å²) in [4.78, 5) is 24.5. The molecule has 1 heterocycles. The highest BCUT2D eigenvalue weighted by Gasteiger charge is 2.26. The summed E-state index contributed by atoms with van der Waals surface area (Å²) in [5.74, 6) is -1.82. The molecule has 114 valence electrons. The molecule has 1 aliphatic heterocycles. The van der Waals surface area contributed by atoms with Crippen LogP contribution in [0.1, 0.15) is 6.42 Å². The SMILES string of the molecule is O=C(O)CC1COCCN1CC(=O)Nc1ccccc1F. The van der Waals surface area contributed by atoms with Gasteiger partial charge in [0.15, 0.2) is 0 Å². The number of morpholine rings is 1. The molecule has 0 radical (unpaired) electrons. The number of carboxylic acid groups (broad SMARTS) is 1. The lowest BCUT2D eigenvalue weighted by atomic mass is 10.1. The second-order valence-corrected chi connectivity index (χ2v) is 4.83. The van der Waals surface area contributed by atoms with Gasteiger partial charge >= 0.3 is 5.97 Å². The fourth-order valence-electron chi connectivity index (χ4n) is 2.22. The highest BCUT2D eigenvalue weighted by molar-refractivity contribution is 5.92. The smallest absolute Gasteiger partial charge is 0.305 e. The molecule has 1 aliphatic rings. The van der Waals surface area contributed by atoms with E-state index in [1.54, 1.807) is 11.0 Å². The number of ether oxygens (including phenoxy) is 1.